The molecule has 7 N–H and O–H groups in total. The highest BCUT2D eigenvalue weighted by molar-refractivity contribution is 5.85. The maximum absolute atomic E-state index is 13.9. The van der Waals surface area contributed by atoms with Gasteiger partial charge in [-0.1, -0.05) is 53.2 Å². The lowest BCUT2D eigenvalue weighted by molar-refractivity contribution is -0.356. The number of hydrogen-bond donors (Lipinski definition) is 7. The number of rotatable bonds is 6. The number of carboxylic acid groups (broad SMARTS) is 1. The van der Waals surface area contributed by atoms with Crippen LogP contribution in [0.2, 0.25) is 0 Å². The maximum Gasteiger partial charge on any atom is 0.335 e. The molecule has 2 aliphatic heterocycles. The summed E-state index contributed by atoms with van der Waals surface area (Å²) in [6.07, 6.45) is -5.84. The predicted molar refractivity (Wildman–Crippen MR) is 188 cm³/mol. The van der Waals surface area contributed by atoms with E-state index >= 15 is 0 Å². The Bertz CT molecular complexity index is 1470. The second-order valence-corrected chi connectivity index (χ2v) is 19.5. The standard InChI is InChI=1S/C40H62O13/c1-36(2)12-9-19-20(15-36)21-7-8-25-37(3)13-11-26(38(4,18-41)24(37)10-14-39(25,5)40(21,6)16-22(19)42)51-35-30(47)28(45)31(32(53-35)33(48)49)52-34-29(46)27(44)23(43)17-50-34/h7,19-20,23-32,34-35,41,43-47H,8-18H2,1-6H3,(H,48,49)/t19?,20?,23-,24?,25?,26+,27+,28-,29-,30-,31+,32+,34+,35-,37+,38-,39-,40-/m1/s1. The molecule has 7 rings (SSSR count). The van der Waals surface area contributed by atoms with Crippen LogP contribution in [0.5, 0.6) is 0 Å². The molecule has 7 aliphatic rings. The van der Waals surface area contributed by atoms with Crippen LogP contribution in [0.1, 0.15) is 99.3 Å². The molecule has 0 spiro atoms. The number of allylic oxidation sites excluding steroid dienone is 2. The first-order chi connectivity index (χ1) is 24.7. The van der Waals surface area contributed by atoms with Crippen LogP contribution in [0.25, 0.3) is 0 Å². The predicted octanol–water partition coefficient (Wildman–Crippen LogP) is 2.31. The van der Waals surface area contributed by atoms with E-state index in [2.05, 4.69) is 40.7 Å². The average Bonchev–Trinajstić information content (AvgIpc) is 3.08. The van der Waals surface area contributed by atoms with E-state index in [1.54, 1.807) is 0 Å². The molecule has 18 atom stereocenters. The van der Waals surface area contributed by atoms with Crippen molar-refractivity contribution in [1.82, 2.24) is 0 Å². The Kier molecular flexibility index (Phi) is 10.2. The van der Waals surface area contributed by atoms with E-state index in [1.807, 2.05) is 6.92 Å². The van der Waals surface area contributed by atoms with Gasteiger partial charge in [-0.05, 0) is 85.4 Å². The zero-order valence-electron chi connectivity index (χ0n) is 32.0. The minimum atomic E-state index is -1.85. The van der Waals surface area contributed by atoms with Crippen molar-refractivity contribution in [3.8, 4) is 0 Å². The molecule has 0 bridgehead atoms. The zero-order valence-corrected chi connectivity index (χ0v) is 32.0. The molecule has 6 fully saturated rings. The van der Waals surface area contributed by atoms with Gasteiger partial charge in [0, 0.05) is 23.2 Å². The molecular formula is C40H62O13. The summed E-state index contributed by atoms with van der Waals surface area (Å²) in [4.78, 5) is 26.3. The van der Waals surface area contributed by atoms with E-state index in [0.717, 1.165) is 44.9 Å². The van der Waals surface area contributed by atoms with Gasteiger partial charge in [0.1, 0.15) is 42.4 Å². The van der Waals surface area contributed by atoms with Crippen LogP contribution in [0, 0.1) is 50.7 Å². The number of aliphatic hydroxyl groups excluding tert-OH is 6. The molecule has 4 saturated carbocycles. The fourth-order valence-corrected chi connectivity index (χ4v) is 12.9. The van der Waals surface area contributed by atoms with Gasteiger partial charge in [-0.3, -0.25) is 4.79 Å². The van der Waals surface area contributed by atoms with Gasteiger partial charge in [0.25, 0.3) is 0 Å². The molecule has 0 aromatic heterocycles. The summed E-state index contributed by atoms with van der Waals surface area (Å²) in [5, 5.41) is 73.9. The number of Topliss-reactive ketones (excluding diaryl/α,β-unsaturated/α-hetero) is 1. The molecule has 0 amide bonds. The first kappa shape index (κ1) is 39.7. The lowest BCUT2D eigenvalue weighted by atomic mass is 9.34. The van der Waals surface area contributed by atoms with Crippen molar-refractivity contribution in [2.45, 2.75) is 161 Å². The number of fused-ring (bicyclic) bond motifs is 7. The van der Waals surface area contributed by atoms with Gasteiger partial charge in [-0.2, -0.15) is 0 Å². The van der Waals surface area contributed by atoms with Crippen molar-refractivity contribution < 1.29 is 64.3 Å². The average molecular weight is 751 g/mol. The molecule has 300 valence electrons. The third-order valence-electron chi connectivity index (χ3n) is 16.2. The minimum absolute atomic E-state index is 0.000227. The summed E-state index contributed by atoms with van der Waals surface area (Å²) >= 11 is 0. The first-order valence-electron chi connectivity index (χ1n) is 19.8. The minimum Gasteiger partial charge on any atom is -0.479 e. The Balaban J connectivity index is 1.11. The van der Waals surface area contributed by atoms with Gasteiger partial charge in [0.05, 0.1) is 19.3 Å². The van der Waals surface area contributed by atoms with E-state index in [-0.39, 0.29) is 51.9 Å². The number of ether oxygens (including phenoxy) is 4. The van der Waals surface area contributed by atoms with Crippen molar-refractivity contribution in [1.29, 1.82) is 0 Å². The molecule has 13 heteroatoms. The third kappa shape index (κ3) is 6.01. The first-order valence-corrected chi connectivity index (χ1v) is 19.8. The summed E-state index contributed by atoms with van der Waals surface area (Å²) in [6, 6.07) is 0. The molecule has 0 aromatic rings. The van der Waals surface area contributed by atoms with Crippen LogP contribution in [0.4, 0.5) is 0 Å². The number of ketones is 1. The van der Waals surface area contributed by atoms with E-state index in [1.165, 1.54) is 5.57 Å². The SMILES string of the molecule is CC1(C)CCC2C(=O)C[C@]3(C)C(=CCC4[C@@]5(C)CC[C@H](O[C@@H]6O[C@H](C(=O)O)[C@@H](O[C@@H]7OC[C@@H](O)[C@H](O)[C@H]7O)[C@H](O)[C@H]6O)[C@](C)(CO)C5CC[C@]43C)C2C1. The number of carboxylic acids is 1. The molecule has 4 unspecified atom stereocenters. The summed E-state index contributed by atoms with van der Waals surface area (Å²) < 4.78 is 23.0. The number of carbonyl (C=O) groups excluding carboxylic acids is 1. The van der Waals surface area contributed by atoms with Crippen LogP contribution in [-0.4, -0.2) is 122 Å². The van der Waals surface area contributed by atoms with Gasteiger partial charge >= 0.3 is 5.97 Å². The molecule has 5 aliphatic carbocycles. The second kappa shape index (κ2) is 13.6. The van der Waals surface area contributed by atoms with E-state index < -0.39 is 79.4 Å². The van der Waals surface area contributed by atoms with Crippen LogP contribution in [0.15, 0.2) is 11.6 Å². The van der Waals surface area contributed by atoms with Crippen LogP contribution in [0.3, 0.4) is 0 Å². The summed E-state index contributed by atoms with van der Waals surface area (Å²) in [7, 11) is 0. The Labute approximate surface area is 312 Å². The Morgan fingerprint density at radius 2 is 1.55 bits per heavy atom. The molecule has 2 heterocycles. The van der Waals surface area contributed by atoms with Crippen LogP contribution >= 0.6 is 0 Å². The number of aliphatic carboxylic acids is 1. The maximum atomic E-state index is 13.9. The smallest absolute Gasteiger partial charge is 0.335 e. The van der Waals surface area contributed by atoms with E-state index in [9.17, 15) is 45.3 Å². The lowest BCUT2D eigenvalue weighted by Crippen LogP contribution is -2.67. The Hall–Kier alpha value is -1.52. The summed E-state index contributed by atoms with van der Waals surface area (Å²) in [5.41, 5.74) is 0.289. The highest BCUT2D eigenvalue weighted by Crippen LogP contribution is 2.74. The third-order valence-corrected chi connectivity index (χ3v) is 16.2. The topological polar surface area (TPSA) is 213 Å². The Morgan fingerprint density at radius 3 is 2.23 bits per heavy atom. The molecule has 2 saturated heterocycles. The van der Waals surface area contributed by atoms with Crippen molar-refractivity contribution in [3.63, 3.8) is 0 Å². The van der Waals surface area contributed by atoms with Gasteiger partial charge in [-0.15, -0.1) is 0 Å². The lowest BCUT2D eigenvalue weighted by Gasteiger charge is -2.70. The van der Waals surface area contributed by atoms with Gasteiger partial charge in [0.15, 0.2) is 18.7 Å². The number of aliphatic hydroxyl groups is 6. The zero-order chi connectivity index (χ0) is 38.6. The van der Waals surface area contributed by atoms with Gasteiger partial charge in [-0.25, -0.2) is 4.79 Å². The Morgan fingerprint density at radius 1 is 0.849 bits per heavy atom. The van der Waals surface area contributed by atoms with Crippen molar-refractivity contribution >= 4 is 11.8 Å². The van der Waals surface area contributed by atoms with Crippen LogP contribution in [-0.2, 0) is 28.5 Å². The second-order valence-electron chi connectivity index (χ2n) is 19.5. The molecular weight excluding hydrogens is 688 g/mol. The fraction of sp³-hybridized carbons (Fsp3) is 0.900. The van der Waals surface area contributed by atoms with E-state index in [0.29, 0.717) is 18.6 Å². The summed E-state index contributed by atoms with van der Waals surface area (Å²) in [6.45, 7) is 13.1. The fourth-order valence-electron chi connectivity index (χ4n) is 12.9. The summed E-state index contributed by atoms with van der Waals surface area (Å²) in [5.74, 6) is -0.449. The highest BCUT2D eigenvalue weighted by atomic mass is 16.7. The quantitative estimate of drug-likeness (QED) is 0.154. The molecule has 0 radical (unpaired) electrons. The highest BCUT2D eigenvalue weighted by Gasteiger charge is 2.69. The van der Waals surface area contributed by atoms with Gasteiger partial charge in [0.2, 0.25) is 0 Å². The van der Waals surface area contributed by atoms with Crippen LogP contribution < -0.4 is 0 Å². The normalized spacial score (nSPS) is 53.7. The van der Waals surface area contributed by atoms with Crippen molar-refractivity contribution in [2.75, 3.05) is 13.2 Å². The molecule has 13 nitrogen and oxygen atoms in total. The number of carbonyl (C=O) groups is 2. The molecule has 0 aromatic carbocycles. The monoisotopic (exact) mass is 750 g/mol. The van der Waals surface area contributed by atoms with E-state index in [4.69, 9.17) is 18.9 Å². The van der Waals surface area contributed by atoms with Crippen molar-refractivity contribution in [2.24, 2.45) is 50.7 Å². The number of hydrogen-bond acceptors (Lipinski definition) is 12. The van der Waals surface area contributed by atoms with Gasteiger partial charge < -0.3 is 54.7 Å². The van der Waals surface area contributed by atoms with Crippen molar-refractivity contribution in [3.05, 3.63) is 11.6 Å². The molecule has 53 heavy (non-hydrogen) atoms. The largest absolute Gasteiger partial charge is 0.479 e.